The van der Waals surface area contributed by atoms with Crippen LogP contribution in [0.2, 0.25) is 0 Å². The molecule has 0 aliphatic carbocycles. The van der Waals surface area contributed by atoms with Crippen molar-refractivity contribution in [3.8, 4) is 28.4 Å². The molecule has 0 N–H and O–H groups in total. The molecule has 37 heavy (non-hydrogen) atoms. The molecule has 0 fully saturated rings. The number of nitrogens with zero attached hydrogens (tertiary/aromatic N) is 1. The first-order valence-corrected chi connectivity index (χ1v) is 11.6. The molecule has 1 aromatic heterocycles. The van der Waals surface area contributed by atoms with E-state index in [-0.39, 0.29) is 29.8 Å². The lowest BCUT2D eigenvalue weighted by atomic mass is 9.99. The van der Waals surface area contributed by atoms with Crippen molar-refractivity contribution in [2.45, 2.75) is 19.1 Å². The molecule has 0 spiro atoms. The van der Waals surface area contributed by atoms with Gasteiger partial charge in [-0.15, -0.1) is 0 Å². The molecule has 0 radical (unpaired) electrons. The Morgan fingerprint density at radius 2 is 1.73 bits per heavy atom. The highest BCUT2D eigenvalue weighted by atomic mass is 19.4. The summed E-state index contributed by atoms with van der Waals surface area (Å²) in [6.07, 6.45) is -4.24. The van der Waals surface area contributed by atoms with E-state index < -0.39 is 22.9 Å². The van der Waals surface area contributed by atoms with Crippen molar-refractivity contribution in [2.75, 3.05) is 27.5 Å². The van der Waals surface area contributed by atoms with Crippen LogP contribution in [0.1, 0.15) is 16.9 Å². The molecule has 9 heteroatoms. The average Bonchev–Trinajstić information content (AvgIpc) is 2.91. The van der Waals surface area contributed by atoms with Crippen molar-refractivity contribution in [1.29, 1.82) is 0 Å². The Hall–Kier alpha value is -3.98. The lowest BCUT2D eigenvalue weighted by molar-refractivity contribution is -0.152. The zero-order chi connectivity index (χ0) is 26.2. The summed E-state index contributed by atoms with van der Waals surface area (Å²) >= 11 is 0. The van der Waals surface area contributed by atoms with Crippen LogP contribution in [0.3, 0.4) is 0 Å². The zero-order valence-electron chi connectivity index (χ0n) is 20.2. The SMILES string of the molecule is COc1ccc(-c2c(C(F)(F)F)oc3c4c(ccc3c2=O)OCN(CCc2ccccc2OC)C4)cc1. The Kier molecular flexibility index (Phi) is 6.55. The first kappa shape index (κ1) is 24.7. The molecule has 1 aliphatic heterocycles. The first-order chi connectivity index (χ1) is 17.8. The second-order valence-corrected chi connectivity index (χ2v) is 8.67. The van der Waals surface area contributed by atoms with E-state index in [9.17, 15) is 18.0 Å². The monoisotopic (exact) mass is 511 g/mol. The van der Waals surface area contributed by atoms with Crippen LogP contribution in [0, 0.1) is 0 Å². The molecule has 0 atom stereocenters. The first-order valence-electron chi connectivity index (χ1n) is 11.6. The van der Waals surface area contributed by atoms with Crippen LogP contribution in [-0.2, 0) is 19.1 Å². The van der Waals surface area contributed by atoms with Gasteiger partial charge in [0.25, 0.3) is 0 Å². The van der Waals surface area contributed by atoms with Gasteiger partial charge in [0.2, 0.25) is 11.2 Å². The Labute approximate surface area is 210 Å². The number of ether oxygens (including phenoxy) is 3. The Bertz CT molecular complexity index is 1500. The summed E-state index contributed by atoms with van der Waals surface area (Å²) in [5, 5.41) is 0.0627. The van der Waals surface area contributed by atoms with Crippen molar-refractivity contribution >= 4 is 11.0 Å². The second-order valence-electron chi connectivity index (χ2n) is 8.67. The zero-order valence-corrected chi connectivity index (χ0v) is 20.2. The minimum atomic E-state index is -4.88. The van der Waals surface area contributed by atoms with Gasteiger partial charge < -0.3 is 18.6 Å². The van der Waals surface area contributed by atoms with Crippen LogP contribution >= 0.6 is 0 Å². The van der Waals surface area contributed by atoms with E-state index in [1.54, 1.807) is 13.2 Å². The van der Waals surface area contributed by atoms with Gasteiger partial charge in [0.15, 0.2) is 0 Å². The van der Waals surface area contributed by atoms with Crippen molar-refractivity contribution in [3.05, 3.63) is 87.8 Å². The largest absolute Gasteiger partial charge is 0.497 e. The summed E-state index contributed by atoms with van der Waals surface area (Å²) in [7, 11) is 3.05. The van der Waals surface area contributed by atoms with Crippen LogP contribution in [0.25, 0.3) is 22.1 Å². The molecule has 3 aromatic carbocycles. The van der Waals surface area contributed by atoms with Gasteiger partial charge in [-0.25, -0.2) is 0 Å². The minimum absolute atomic E-state index is 0.0627. The van der Waals surface area contributed by atoms with E-state index in [0.717, 1.165) is 11.3 Å². The molecule has 5 rings (SSSR count). The molecule has 1 aliphatic rings. The lowest BCUT2D eigenvalue weighted by Crippen LogP contribution is -2.34. The highest BCUT2D eigenvalue weighted by molar-refractivity contribution is 5.87. The Morgan fingerprint density at radius 3 is 2.43 bits per heavy atom. The number of para-hydroxylation sites is 1. The molecule has 192 valence electrons. The molecular formula is C28H24F3NO5. The summed E-state index contributed by atoms with van der Waals surface area (Å²) in [6, 6.07) is 16.5. The Morgan fingerprint density at radius 1 is 0.973 bits per heavy atom. The van der Waals surface area contributed by atoms with Crippen LogP contribution in [0.15, 0.2) is 69.9 Å². The van der Waals surface area contributed by atoms with Gasteiger partial charge in [0.05, 0.1) is 30.7 Å². The van der Waals surface area contributed by atoms with E-state index in [4.69, 9.17) is 18.6 Å². The van der Waals surface area contributed by atoms with Crippen molar-refractivity contribution < 1.29 is 31.8 Å². The van der Waals surface area contributed by atoms with E-state index in [2.05, 4.69) is 0 Å². The number of hydrogen-bond acceptors (Lipinski definition) is 6. The maximum absolute atomic E-state index is 14.2. The number of halogens is 3. The number of methoxy groups -OCH3 is 2. The molecule has 0 saturated heterocycles. The van der Waals surface area contributed by atoms with E-state index in [1.807, 2.05) is 29.2 Å². The van der Waals surface area contributed by atoms with Gasteiger partial charge in [0.1, 0.15) is 29.6 Å². The molecule has 6 nitrogen and oxygen atoms in total. The third kappa shape index (κ3) is 4.74. The highest BCUT2D eigenvalue weighted by Crippen LogP contribution is 2.40. The highest BCUT2D eigenvalue weighted by Gasteiger charge is 2.40. The number of benzene rings is 3. The van der Waals surface area contributed by atoms with Gasteiger partial charge >= 0.3 is 6.18 Å². The predicted molar refractivity (Wildman–Crippen MR) is 132 cm³/mol. The number of fused-ring (bicyclic) bond motifs is 3. The molecule has 0 unspecified atom stereocenters. The van der Waals surface area contributed by atoms with E-state index >= 15 is 0 Å². The van der Waals surface area contributed by atoms with Gasteiger partial charge in [-0.1, -0.05) is 30.3 Å². The molecule has 0 bridgehead atoms. The fourth-order valence-electron chi connectivity index (χ4n) is 4.56. The van der Waals surface area contributed by atoms with Gasteiger partial charge in [-0.2, -0.15) is 13.2 Å². The molecular weight excluding hydrogens is 487 g/mol. The maximum Gasteiger partial charge on any atom is 0.450 e. The van der Waals surface area contributed by atoms with Crippen molar-refractivity contribution in [1.82, 2.24) is 4.90 Å². The smallest absolute Gasteiger partial charge is 0.450 e. The molecule has 4 aromatic rings. The van der Waals surface area contributed by atoms with Crippen LogP contribution < -0.4 is 19.6 Å². The van der Waals surface area contributed by atoms with Crippen LogP contribution in [-0.4, -0.2) is 32.4 Å². The summed E-state index contributed by atoms with van der Waals surface area (Å²) in [5.41, 5.74) is 0.0988. The van der Waals surface area contributed by atoms with Crippen LogP contribution in [0.4, 0.5) is 13.2 Å². The summed E-state index contributed by atoms with van der Waals surface area (Å²) in [5.74, 6) is 0.282. The third-order valence-electron chi connectivity index (χ3n) is 6.43. The van der Waals surface area contributed by atoms with E-state index in [1.165, 1.54) is 37.4 Å². The fourth-order valence-corrected chi connectivity index (χ4v) is 4.56. The standard InChI is InChI=1S/C28H24F3NO5/c1-34-19-9-7-18(8-10-19)24-25(33)20-11-12-23-21(26(20)37-27(24)28(29,30)31)15-32(16-36-23)14-13-17-5-3-4-6-22(17)35-2/h3-12H,13-16H2,1-2H3. The number of alkyl halides is 3. The Balaban J connectivity index is 1.55. The minimum Gasteiger partial charge on any atom is -0.497 e. The van der Waals surface area contributed by atoms with Gasteiger partial charge in [-0.3, -0.25) is 9.69 Å². The quantitative estimate of drug-likeness (QED) is 0.322. The fraction of sp³-hybridized carbons (Fsp3) is 0.250. The number of rotatable bonds is 6. The second kappa shape index (κ2) is 9.82. The topological polar surface area (TPSA) is 61.1 Å². The van der Waals surface area contributed by atoms with Crippen molar-refractivity contribution in [3.63, 3.8) is 0 Å². The van der Waals surface area contributed by atoms with Gasteiger partial charge in [0, 0.05) is 13.1 Å². The van der Waals surface area contributed by atoms with Crippen molar-refractivity contribution in [2.24, 2.45) is 0 Å². The predicted octanol–water partition coefficient (Wildman–Crippen LogP) is 5.89. The molecule has 0 saturated carbocycles. The van der Waals surface area contributed by atoms with Gasteiger partial charge in [-0.05, 0) is 47.9 Å². The summed E-state index contributed by atoms with van der Waals surface area (Å²) in [4.78, 5) is 15.4. The average molecular weight is 511 g/mol. The van der Waals surface area contributed by atoms with E-state index in [0.29, 0.717) is 30.0 Å². The summed E-state index contributed by atoms with van der Waals surface area (Å²) in [6.45, 7) is 1.09. The maximum atomic E-state index is 14.2. The number of hydrogen-bond donors (Lipinski definition) is 0. The van der Waals surface area contributed by atoms with Crippen LogP contribution in [0.5, 0.6) is 17.2 Å². The lowest BCUT2D eigenvalue weighted by Gasteiger charge is -2.29. The normalized spacial score (nSPS) is 13.8. The molecule has 0 amide bonds. The third-order valence-corrected chi connectivity index (χ3v) is 6.43. The summed E-state index contributed by atoms with van der Waals surface area (Å²) < 4.78 is 64.3. The molecule has 2 heterocycles.